The molecule has 0 bridgehead atoms. The highest BCUT2D eigenvalue weighted by molar-refractivity contribution is 5.96. The summed E-state index contributed by atoms with van der Waals surface area (Å²) < 4.78 is 14.2. The molecule has 1 saturated carbocycles. The van der Waals surface area contributed by atoms with E-state index in [1.807, 2.05) is 0 Å². The Bertz CT molecular complexity index is 620. The maximum atomic E-state index is 14.2. The van der Waals surface area contributed by atoms with E-state index in [1.54, 1.807) is 12.1 Å². The van der Waals surface area contributed by atoms with Crippen molar-refractivity contribution in [2.75, 3.05) is 16.8 Å². The molecule has 1 aliphatic carbocycles. The van der Waals surface area contributed by atoms with E-state index in [1.165, 1.54) is 11.0 Å². The number of hydrogen-bond donors (Lipinski definition) is 2. The maximum Gasteiger partial charge on any atom is 0.227 e. The van der Waals surface area contributed by atoms with E-state index in [-0.39, 0.29) is 29.5 Å². The van der Waals surface area contributed by atoms with Gasteiger partial charge >= 0.3 is 0 Å². The van der Waals surface area contributed by atoms with Crippen LogP contribution >= 0.6 is 0 Å². The predicted octanol–water partition coefficient (Wildman–Crippen LogP) is 2.41. The van der Waals surface area contributed by atoms with Gasteiger partial charge in [-0.3, -0.25) is 9.59 Å². The Morgan fingerprint density at radius 3 is 2.78 bits per heavy atom. The number of rotatable bonds is 4. The van der Waals surface area contributed by atoms with Crippen molar-refractivity contribution in [3.8, 4) is 0 Å². The molecule has 1 heterocycles. The van der Waals surface area contributed by atoms with Gasteiger partial charge in [0, 0.05) is 31.1 Å². The second-order valence-corrected chi connectivity index (χ2v) is 6.42. The van der Waals surface area contributed by atoms with Gasteiger partial charge in [0.1, 0.15) is 5.82 Å². The molecule has 2 atom stereocenters. The number of carbonyl (C=O) groups excluding carboxylic acids is 2. The van der Waals surface area contributed by atoms with Crippen LogP contribution in [0.4, 0.5) is 15.8 Å². The van der Waals surface area contributed by atoms with Gasteiger partial charge in [-0.15, -0.1) is 0 Å². The van der Waals surface area contributed by atoms with E-state index in [4.69, 9.17) is 5.73 Å². The molecule has 2 aliphatic rings. The Kier molecular flexibility index (Phi) is 4.61. The van der Waals surface area contributed by atoms with E-state index < -0.39 is 5.82 Å². The minimum absolute atomic E-state index is 0.0593. The van der Waals surface area contributed by atoms with Gasteiger partial charge in [0.2, 0.25) is 11.8 Å². The van der Waals surface area contributed by atoms with Crippen molar-refractivity contribution in [2.45, 2.75) is 44.6 Å². The molecular weight excluding hydrogens is 297 g/mol. The number of halogens is 1. The molecule has 5 nitrogen and oxygen atoms in total. The Balaban J connectivity index is 1.63. The average molecular weight is 319 g/mol. The summed E-state index contributed by atoms with van der Waals surface area (Å²) in [5, 5.41) is 2.72. The van der Waals surface area contributed by atoms with Crippen LogP contribution in [0.15, 0.2) is 18.2 Å². The normalized spacial score (nSPS) is 24.3. The lowest BCUT2D eigenvalue weighted by Gasteiger charge is -2.18. The molecule has 1 aliphatic heterocycles. The van der Waals surface area contributed by atoms with Crippen LogP contribution in [0, 0.1) is 11.7 Å². The number of benzene rings is 1. The molecule has 124 valence electrons. The Morgan fingerprint density at radius 2 is 2.17 bits per heavy atom. The van der Waals surface area contributed by atoms with Gasteiger partial charge in [-0.05, 0) is 43.4 Å². The first-order valence-electron chi connectivity index (χ1n) is 8.20. The van der Waals surface area contributed by atoms with Gasteiger partial charge < -0.3 is 16.0 Å². The first-order chi connectivity index (χ1) is 11.0. The van der Waals surface area contributed by atoms with E-state index in [0.717, 1.165) is 25.7 Å². The van der Waals surface area contributed by atoms with Crippen LogP contribution in [0.3, 0.4) is 0 Å². The molecule has 1 aromatic carbocycles. The molecule has 6 heteroatoms. The SMILES string of the molecule is N[C@@H]1CCC[C@H]1CC(=O)Nc1ccc(N2CCCC2=O)c(F)c1. The zero-order valence-corrected chi connectivity index (χ0v) is 13.1. The zero-order valence-electron chi connectivity index (χ0n) is 13.1. The van der Waals surface area contributed by atoms with Crippen molar-refractivity contribution in [2.24, 2.45) is 11.7 Å². The number of anilines is 2. The maximum absolute atomic E-state index is 14.2. The quantitative estimate of drug-likeness (QED) is 0.895. The molecule has 0 unspecified atom stereocenters. The number of nitrogens with two attached hydrogens (primary N) is 1. The van der Waals surface area contributed by atoms with Gasteiger partial charge in [0.25, 0.3) is 0 Å². The van der Waals surface area contributed by atoms with Crippen LogP contribution < -0.4 is 16.0 Å². The minimum atomic E-state index is -0.490. The molecule has 1 aromatic rings. The molecule has 3 rings (SSSR count). The molecular formula is C17H22FN3O2. The number of nitrogens with one attached hydrogen (secondary N) is 1. The third kappa shape index (κ3) is 3.52. The monoisotopic (exact) mass is 319 g/mol. The number of hydrogen-bond acceptors (Lipinski definition) is 3. The molecule has 23 heavy (non-hydrogen) atoms. The summed E-state index contributed by atoms with van der Waals surface area (Å²) in [5.41, 5.74) is 6.66. The molecule has 2 fully saturated rings. The molecule has 2 amide bonds. The van der Waals surface area contributed by atoms with Crippen LogP contribution in [0.5, 0.6) is 0 Å². The second kappa shape index (κ2) is 6.66. The highest BCUT2D eigenvalue weighted by atomic mass is 19.1. The van der Waals surface area contributed by atoms with Gasteiger partial charge in [-0.2, -0.15) is 0 Å². The summed E-state index contributed by atoms with van der Waals surface area (Å²) in [4.78, 5) is 25.2. The lowest BCUT2D eigenvalue weighted by molar-refractivity contribution is -0.117. The fraction of sp³-hybridized carbons (Fsp3) is 0.529. The molecule has 0 radical (unpaired) electrons. The van der Waals surface area contributed by atoms with Gasteiger partial charge in [0.15, 0.2) is 0 Å². The van der Waals surface area contributed by atoms with Crippen molar-refractivity contribution in [1.29, 1.82) is 0 Å². The van der Waals surface area contributed by atoms with Crippen molar-refractivity contribution >= 4 is 23.2 Å². The first-order valence-corrected chi connectivity index (χ1v) is 8.20. The highest BCUT2D eigenvalue weighted by Gasteiger charge is 2.27. The van der Waals surface area contributed by atoms with Crippen LogP contribution in [0.2, 0.25) is 0 Å². The standard InChI is InChI=1S/C17H22FN3O2/c18-13-10-12(6-7-15(13)21-8-2-5-17(21)23)20-16(22)9-11-3-1-4-14(11)19/h6-7,10-11,14H,1-5,8-9,19H2,(H,20,22)/t11-,14+/m0/s1. The molecule has 3 N–H and O–H groups in total. The van der Waals surface area contributed by atoms with Crippen molar-refractivity contribution in [3.05, 3.63) is 24.0 Å². The third-order valence-corrected chi connectivity index (χ3v) is 4.76. The van der Waals surface area contributed by atoms with Crippen LogP contribution in [0.1, 0.15) is 38.5 Å². The molecule has 0 aromatic heterocycles. The summed E-state index contributed by atoms with van der Waals surface area (Å²) in [7, 11) is 0. The average Bonchev–Trinajstić information content (AvgIpc) is 3.09. The van der Waals surface area contributed by atoms with Gasteiger partial charge in [-0.1, -0.05) is 6.42 Å². The predicted molar refractivity (Wildman–Crippen MR) is 86.6 cm³/mol. The van der Waals surface area contributed by atoms with Crippen LogP contribution in [-0.4, -0.2) is 24.4 Å². The highest BCUT2D eigenvalue weighted by Crippen LogP contribution is 2.29. The van der Waals surface area contributed by atoms with Crippen LogP contribution in [-0.2, 0) is 9.59 Å². The van der Waals surface area contributed by atoms with Gasteiger partial charge in [0.05, 0.1) is 5.69 Å². The Morgan fingerprint density at radius 1 is 1.35 bits per heavy atom. The van der Waals surface area contributed by atoms with Crippen molar-refractivity contribution in [1.82, 2.24) is 0 Å². The topological polar surface area (TPSA) is 75.4 Å². The lowest BCUT2D eigenvalue weighted by Crippen LogP contribution is -2.28. The number of nitrogens with zero attached hydrogens (tertiary/aromatic N) is 1. The zero-order chi connectivity index (χ0) is 16.4. The number of amides is 2. The molecule has 1 saturated heterocycles. The summed E-state index contributed by atoms with van der Waals surface area (Å²) in [5.74, 6) is -0.482. The summed E-state index contributed by atoms with van der Waals surface area (Å²) in [6.45, 7) is 0.543. The van der Waals surface area contributed by atoms with Crippen molar-refractivity contribution < 1.29 is 14.0 Å². The van der Waals surface area contributed by atoms with Crippen molar-refractivity contribution in [3.63, 3.8) is 0 Å². The smallest absolute Gasteiger partial charge is 0.227 e. The summed E-state index contributed by atoms with van der Waals surface area (Å²) in [6.07, 6.45) is 4.57. The van der Waals surface area contributed by atoms with E-state index >= 15 is 0 Å². The fourth-order valence-corrected chi connectivity index (χ4v) is 3.48. The van der Waals surface area contributed by atoms with Crippen LogP contribution in [0.25, 0.3) is 0 Å². The largest absolute Gasteiger partial charge is 0.327 e. The first kappa shape index (κ1) is 15.9. The minimum Gasteiger partial charge on any atom is -0.327 e. The fourth-order valence-electron chi connectivity index (χ4n) is 3.48. The summed E-state index contributed by atoms with van der Waals surface area (Å²) in [6, 6.07) is 4.54. The lowest BCUT2D eigenvalue weighted by atomic mass is 10.00. The third-order valence-electron chi connectivity index (χ3n) is 4.76. The number of carbonyl (C=O) groups is 2. The molecule has 0 spiro atoms. The Labute approximate surface area is 135 Å². The van der Waals surface area contributed by atoms with Gasteiger partial charge in [-0.25, -0.2) is 4.39 Å². The van der Waals surface area contributed by atoms with E-state index in [2.05, 4.69) is 5.32 Å². The summed E-state index contributed by atoms with van der Waals surface area (Å²) >= 11 is 0. The Hall–Kier alpha value is -1.95. The van der Waals surface area contributed by atoms with E-state index in [0.29, 0.717) is 25.1 Å². The second-order valence-electron chi connectivity index (χ2n) is 6.42. The van der Waals surface area contributed by atoms with E-state index in [9.17, 15) is 14.0 Å².